The van der Waals surface area contributed by atoms with Gasteiger partial charge in [0.15, 0.2) is 5.69 Å². The molecule has 0 saturated carbocycles. The standard InChI is InChI=1S/C12H22N4O2/c1-7(2)10-9(13)11(16-15-10)12(18)14-6-8(3)4-5-17/h7-8,17H,4-6,13H2,1-3H3,(H,14,18)(H,15,16). The Morgan fingerprint density at radius 2 is 2.17 bits per heavy atom. The Labute approximate surface area is 107 Å². The molecule has 1 aromatic heterocycles. The zero-order valence-electron chi connectivity index (χ0n) is 11.2. The van der Waals surface area contributed by atoms with Gasteiger partial charge in [-0.1, -0.05) is 20.8 Å². The number of hydrogen-bond donors (Lipinski definition) is 4. The Morgan fingerprint density at radius 3 is 2.67 bits per heavy atom. The van der Waals surface area contributed by atoms with Crippen LogP contribution < -0.4 is 11.1 Å². The fourth-order valence-corrected chi connectivity index (χ4v) is 1.65. The number of carbonyl (C=O) groups is 1. The highest BCUT2D eigenvalue weighted by molar-refractivity contribution is 5.97. The third-order valence-electron chi connectivity index (χ3n) is 2.86. The molecule has 0 radical (unpaired) electrons. The summed E-state index contributed by atoms with van der Waals surface area (Å²) in [6.45, 7) is 6.55. The van der Waals surface area contributed by atoms with Gasteiger partial charge in [0.05, 0.1) is 11.4 Å². The molecule has 1 amide bonds. The number of rotatable bonds is 6. The number of aromatic amines is 1. The molecule has 102 valence electrons. The van der Waals surface area contributed by atoms with E-state index >= 15 is 0 Å². The van der Waals surface area contributed by atoms with Gasteiger partial charge in [-0.3, -0.25) is 9.89 Å². The van der Waals surface area contributed by atoms with Crippen LogP contribution in [0, 0.1) is 5.92 Å². The number of hydrogen-bond acceptors (Lipinski definition) is 4. The first-order chi connectivity index (χ1) is 8.47. The van der Waals surface area contributed by atoms with Gasteiger partial charge in [-0.25, -0.2) is 0 Å². The van der Waals surface area contributed by atoms with Gasteiger partial charge in [-0.2, -0.15) is 5.10 Å². The molecule has 0 saturated heterocycles. The highest BCUT2D eigenvalue weighted by Crippen LogP contribution is 2.21. The third kappa shape index (κ3) is 3.46. The minimum Gasteiger partial charge on any atom is -0.396 e. The van der Waals surface area contributed by atoms with E-state index in [2.05, 4.69) is 15.5 Å². The minimum atomic E-state index is -0.277. The second kappa shape index (κ2) is 6.39. The molecule has 0 fully saturated rings. The number of nitrogens with zero attached hydrogens (tertiary/aromatic N) is 1. The quantitative estimate of drug-likeness (QED) is 0.604. The monoisotopic (exact) mass is 254 g/mol. The van der Waals surface area contributed by atoms with E-state index in [4.69, 9.17) is 10.8 Å². The first kappa shape index (κ1) is 14.5. The van der Waals surface area contributed by atoms with Gasteiger partial charge in [-0.15, -0.1) is 0 Å². The summed E-state index contributed by atoms with van der Waals surface area (Å²) < 4.78 is 0. The van der Waals surface area contributed by atoms with Crippen molar-refractivity contribution in [2.45, 2.75) is 33.1 Å². The number of nitrogen functional groups attached to an aromatic ring is 1. The summed E-state index contributed by atoms with van der Waals surface area (Å²) in [6.07, 6.45) is 0.660. The largest absolute Gasteiger partial charge is 0.396 e. The number of aliphatic hydroxyl groups is 1. The van der Waals surface area contributed by atoms with Gasteiger partial charge in [0.2, 0.25) is 0 Å². The predicted octanol–water partition coefficient (Wildman–Crippen LogP) is 0.864. The first-order valence-electron chi connectivity index (χ1n) is 6.20. The molecule has 0 spiro atoms. The van der Waals surface area contributed by atoms with Crippen LogP contribution in [0.25, 0.3) is 0 Å². The van der Waals surface area contributed by atoms with Gasteiger partial charge in [0.25, 0.3) is 5.91 Å². The van der Waals surface area contributed by atoms with Crippen LogP contribution in [0.2, 0.25) is 0 Å². The Kier molecular flexibility index (Phi) is 5.15. The third-order valence-corrected chi connectivity index (χ3v) is 2.86. The number of carbonyl (C=O) groups excluding carboxylic acids is 1. The van der Waals surface area contributed by atoms with Crippen molar-refractivity contribution >= 4 is 11.6 Å². The lowest BCUT2D eigenvalue weighted by molar-refractivity contribution is 0.0941. The van der Waals surface area contributed by atoms with Crippen LogP contribution in [0.15, 0.2) is 0 Å². The second-order valence-corrected chi connectivity index (χ2v) is 4.88. The topological polar surface area (TPSA) is 104 Å². The van der Waals surface area contributed by atoms with E-state index in [-0.39, 0.29) is 30.0 Å². The van der Waals surface area contributed by atoms with Crippen molar-refractivity contribution in [3.8, 4) is 0 Å². The molecule has 6 nitrogen and oxygen atoms in total. The summed E-state index contributed by atoms with van der Waals surface area (Å²) >= 11 is 0. The Bertz CT molecular complexity index is 401. The van der Waals surface area contributed by atoms with E-state index in [1.165, 1.54) is 0 Å². The van der Waals surface area contributed by atoms with Crippen molar-refractivity contribution in [3.63, 3.8) is 0 Å². The molecule has 0 aromatic carbocycles. The maximum Gasteiger partial charge on any atom is 0.273 e. The molecule has 18 heavy (non-hydrogen) atoms. The van der Waals surface area contributed by atoms with Crippen molar-refractivity contribution < 1.29 is 9.90 Å². The van der Waals surface area contributed by atoms with Crippen molar-refractivity contribution in [1.82, 2.24) is 15.5 Å². The van der Waals surface area contributed by atoms with E-state index in [1.807, 2.05) is 20.8 Å². The Morgan fingerprint density at radius 1 is 1.50 bits per heavy atom. The number of amides is 1. The molecule has 1 atom stereocenters. The predicted molar refractivity (Wildman–Crippen MR) is 70.3 cm³/mol. The zero-order valence-corrected chi connectivity index (χ0v) is 11.2. The van der Waals surface area contributed by atoms with Crippen molar-refractivity contribution in [1.29, 1.82) is 0 Å². The number of aliphatic hydroxyl groups excluding tert-OH is 1. The van der Waals surface area contributed by atoms with Gasteiger partial charge < -0.3 is 16.2 Å². The van der Waals surface area contributed by atoms with Crippen LogP contribution in [0.4, 0.5) is 5.69 Å². The van der Waals surface area contributed by atoms with Crippen molar-refractivity contribution in [3.05, 3.63) is 11.4 Å². The molecular formula is C12H22N4O2. The average Bonchev–Trinajstić information content (AvgIpc) is 2.68. The molecule has 5 N–H and O–H groups in total. The van der Waals surface area contributed by atoms with Crippen LogP contribution >= 0.6 is 0 Å². The number of nitrogens with two attached hydrogens (primary N) is 1. The van der Waals surface area contributed by atoms with Gasteiger partial charge >= 0.3 is 0 Å². The first-order valence-corrected chi connectivity index (χ1v) is 6.20. The zero-order chi connectivity index (χ0) is 13.7. The maximum absolute atomic E-state index is 11.9. The molecular weight excluding hydrogens is 232 g/mol. The number of anilines is 1. The van der Waals surface area contributed by atoms with Crippen LogP contribution in [0.5, 0.6) is 0 Å². The number of H-pyrrole nitrogens is 1. The van der Waals surface area contributed by atoms with E-state index in [0.29, 0.717) is 18.7 Å². The highest BCUT2D eigenvalue weighted by atomic mass is 16.3. The summed E-state index contributed by atoms with van der Waals surface area (Å²) in [7, 11) is 0. The van der Waals surface area contributed by atoms with E-state index in [9.17, 15) is 4.79 Å². The van der Waals surface area contributed by atoms with Crippen LogP contribution in [-0.4, -0.2) is 34.4 Å². The fourth-order valence-electron chi connectivity index (χ4n) is 1.65. The number of aromatic nitrogens is 2. The highest BCUT2D eigenvalue weighted by Gasteiger charge is 2.18. The smallest absolute Gasteiger partial charge is 0.273 e. The number of nitrogens with one attached hydrogen (secondary N) is 2. The van der Waals surface area contributed by atoms with Gasteiger partial charge in [0.1, 0.15) is 0 Å². The molecule has 0 aliphatic heterocycles. The molecule has 0 bridgehead atoms. The lowest BCUT2D eigenvalue weighted by Gasteiger charge is -2.10. The van der Waals surface area contributed by atoms with Crippen LogP contribution in [-0.2, 0) is 0 Å². The normalized spacial score (nSPS) is 12.7. The summed E-state index contributed by atoms with van der Waals surface area (Å²) in [6, 6.07) is 0. The molecule has 1 heterocycles. The van der Waals surface area contributed by atoms with Crippen molar-refractivity contribution in [2.24, 2.45) is 5.92 Å². The Hall–Kier alpha value is -1.56. The van der Waals surface area contributed by atoms with E-state index in [1.54, 1.807) is 0 Å². The van der Waals surface area contributed by atoms with Crippen molar-refractivity contribution in [2.75, 3.05) is 18.9 Å². The minimum absolute atomic E-state index is 0.124. The maximum atomic E-state index is 11.9. The Balaban J connectivity index is 2.62. The molecule has 1 aromatic rings. The molecule has 1 unspecified atom stereocenters. The summed E-state index contributed by atoms with van der Waals surface area (Å²) in [5.74, 6) is 0.150. The lowest BCUT2D eigenvalue weighted by Crippen LogP contribution is -2.29. The van der Waals surface area contributed by atoms with Crippen LogP contribution in [0.3, 0.4) is 0 Å². The molecule has 1 rings (SSSR count). The molecule has 6 heteroatoms. The lowest BCUT2D eigenvalue weighted by atomic mass is 10.1. The summed E-state index contributed by atoms with van der Waals surface area (Å²) in [5, 5.41) is 18.3. The molecule has 0 aliphatic rings. The summed E-state index contributed by atoms with van der Waals surface area (Å²) in [4.78, 5) is 11.9. The van der Waals surface area contributed by atoms with Gasteiger partial charge in [-0.05, 0) is 18.3 Å². The van der Waals surface area contributed by atoms with Crippen LogP contribution in [0.1, 0.15) is 49.3 Å². The second-order valence-electron chi connectivity index (χ2n) is 4.88. The van der Waals surface area contributed by atoms with E-state index in [0.717, 1.165) is 5.69 Å². The molecule has 0 aliphatic carbocycles. The van der Waals surface area contributed by atoms with Gasteiger partial charge in [0, 0.05) is 13.2 Å². The summed E-state index contributed by atoms with van der Waals surface area (Å²) in [5.41, 5.74) is 7.32. The fraction of sp³-hybridized carbons (Fsp3) is 0.667. The SMILES string of the molecule is CC(CCO)CNC(=O)c1n[nH]c(C(C)C)c1N. The average molecular weight is 254 g/mol. The van der Waals surface area contributed by atoms with E-state index < -0.39 is 0 Å².